The van der Waals surface area contributed by atoms with E-state index in [0.29, 0.717) is 50.0 Å². The molecule has 0 aliphatic carbocycles. The molecule has 2 fully saturated rings. The van der Waals surface area contributed by atoms with Gasteiger partial charge in [0, 0.05) is 49.9 Å². The number of ether oxygens (including phenoxy) is 1. The maximum Gasteiger partial charge on any atom is 0.421 e. The number of hydrogen-bond donors (Lipinski definition) is 2. The number of morpholine rings is 1. The lowest BCUT2D eigenvalue weighted by atomic mass is 9.95. The van der Waals surface area contributed by atoms with Gasteiger partial charge < -0.3 is 14.7 Å². The van der Waals surface area contributed by atoms with Crippen LogP contribution in [0.1, 0.15) is 12.5 Å². The largest absolute Gasteiger partial charge is 0.421 e. The minimum absolute atomic E-state index is 0.144. The number of sulfonamides is 1. The zero-order valence-corrected chi connectivity index (χ0v) is 21.6. The van der Waals surface area contributed by atoms with E-state index in [1.165, 1.54) is 22.5 Å². The second-order valence-corrected chi connectivity index (χ2v) is 11.6. The number of piperazine rings is 1. The Morgan fingerprint density at radius 1 is 1.03 bits per heavy atom. The summed E-state index contributed by atoms with van der Waals surface area (Å²) >= 11 is 4.33. The molecular weight excluding hydrogens is 515 g/mol. The van der Waals surface area contributed by atoms with Crippen molar-refractivity contribution < 1.29 is 31.4 Å². The smallest absolute Gasteiger partial charge is 0.379 e. The molecule has 2 aliphatic rings. The van der Waals surface area contributed by atoms with Gasteiger partial charge in [0.25, 0.3) is 0 Å². The highest BCUT2D eigenvalue weighted by atomic mass is 32.2. The molecule has 0 unspecified atom stereocenters. The number of anilines is 1. The SMILES string of the molecule is C[C@](O)(c1ccc(N2CCN(S(=O)(=O)c3ccccc3S)C[C@H]2CN2CCOCC2)cc1)C(F)(F)F. The van der Waals surface area contributed by atoms with Gasteiger partial charge in [-0.1, -0.05) is 24.3 Å². The average Bonchev–Trinajstić information content (AvgIpc) is 2.84. The minimum atomic E-state index is -4.81. The van der Waals surface area contributed by atoms with Crippen LogP contribution >= 0.6 is 12.6 Å². The number of alkyl halides is 3. The molecule has 2 aliphatic heterocycles. The lowest BCUT2D eigenvalue weighted by Gasteiger charge is -2.44. The molecule has 4 rings (SSSR count). The molecule has 0 bridgehead atoms. The Bertz CT molecular complexity index is 1150. The van der Waals surface area contributed by atoms with Crippen LogP contribution in [0.2, 0.25) is 0 Å². The van der Waals surface area contributed by atoms with Crippen molar-refractivity contribution in [2.45, 2.75) is 34.5 Å². The van der Waals surface area contributed by atoms with E-state index in [9.17, 15) is 26.7 Å². The van der Waals surface area contributed by atoms with Crippen LogP contribution in [0.4, 0.5) is 18.9 Å². The minimum Gasteiger partial charge on any atom is -0.379 e. The molecule has 0 saturated carbocycles. The monoisotopic (exact) mass is 545 g/mol. The first-order valence-electron chi connectivity index (χ1n) is 11.7. The second-order valence-electron chi connectivity index (χ2n) is 9.21. The number of nitrogens with zero attached hydrogens (tertiary/aromatic N) is 3. The first kappa shape index (κ1) is 27.2. The van der Waals surface area contributed by atoms with Gasteiger partial charge in [0.05, 0.1) is 24.2 Å². The summed E-state index contributed by atoms with van der Waals surface area (Å²) in [4.78, 5) is 4.75. The Kier molecular flexibility index (Phi) is 7.94. The molecule has 2 aromatic carbocycles. The normalized spacial score (nSPS) is 22.4. The summed E-state index contributed by atoms with van der Waals surface area (Å²) in [6.07, 6.45) is -4.81. The molecule has 2 heterocycles. The fraction of sp³-hybridized carbons (Fsp3) is 0.500. The van der Waals surface area contributed by atoms with Gasteiger partial charge in [-0.3, -0.25) is 4.90 Å². The van der Waals surface area contributed by atoms with Crippen molar-refractivity contribution in [1.82, 2.24) is 9.21 Å². The van der Waals surface area contributed by atoms with Crippen LogP contribution in [-0.4, -0.2) is 87.4 Å². The number of benzene rings is 2. The predicted octanol–water partition coefficient (Wildman–Crippen LogP) is 2.96. The number of aliphatic hydroxyl groups is 1. The fourth-order valence-corrected chi connectivity index (χ4v) is 6.64. The Hall–Kier alpha value is -1.83. The first-order valence-corrected chi connectivity index (χ1v) is 13.5. The van der Waals surface area contributed by atoms with Crippen molar-refractivity contribution in [1.29, 1.82) is 0 Å². The van der Waals surface area contributed by atoms with E-state index in [0.717, 1.165) is 6.92 Å². The predicted molar refractivity (Wildman–Crippen MR) is 133 cm³/mol. The van der Waals surface area contributed by atoms with Crippen molar-refractivity contribution >= 4 is 28.3 Å². The van der Waals surface area contributed by atoms with Crippen molar-refractivity contribution in [2.24, 2.45) is 0 Å². The maximum absolute atomic E-state index is 13.4. The summed E-state index contributed by atoms with van der Waals surface area (Å²) in [5.74, 6) is 0. The summed E-state index contributed by atoms with van der Waals surface area (Å²) in [5, 5.41) is 10.0. The van der Waals surface area contributed by atoms with Crippen LogP contribution in [-0.2, 0) is 20.4 Å². The molecule has 2 aromatic rings. The van der Waals surface area contributed by atoms with Crippen LogP contribution in [0.3, 0.4) is 0 Å². The van der Waals surface area contributed by atoms with Crippen LogP contribution in [0, 0.1) is 0 Å². The van der Waals surface area contributed by atoms with E-state index in [-0.39, 0.29) is 29.6 Å². The third-order valence-corrected chi connectivity index (χ3v) is 9.28. The van der Waals surface area contributed by atoms with E-state index < -0.39 is 21.8 Å². The first-order chi connectivity index (χ1) is 16.9. The van der Waals surface area contributed by atoms with E-state index in [1.807, 2.05) is 4.90 Å². The van der Waals surface area contributed by atoms with E-state index in [4.69, 9.17) is 4.74 Å². The number of thiol groups is 1. The zero-order valence-electron chi connectivity index (χ0n) is 19.9. The molecule has 0 aromatic heterocycles. The van der Waals surface area contributed by atoms with Crippen molar-refractivity contribution in [3.05, 3.63) is 54.1 Å². The molecule has 36 heavy (non-hydrogen) atoms. The van der Waals surface area contributed by atoms with Crippen LogP contribution in [0.5, 0.6) is 0 Å². The van der Waals surface area contributed by atoms with Crippen LogP contribution in [0.15, 0.2) is 58.3 Å². The summed E-state index contributed by atoms with van der Waals surface area (Å²) in [6.45, 7) is 4.68. The molecule has 12 heteroatoms. The molecule has 2 atom stereocenters. The zero-order chi connectivity index (χ0) is 26.1. The standard InChI is InChI=1S/C24H30F3N3O4S2/c1-23(31,24(25,26)27)18-6-8-19(9-7-18)30-11-10-29(17-20(30)16-28-12-14-34-15-13-28)36(32,33)22-5-3-2-4-21(22)35/h2-9,20,31,35H,10-17H2,1H3/t20-,23+/m1/s1. The van der Waals surface area contributed by atoms with Gasteiger partial charge in [0.2, 0.25) is 10.0 Å². The summed E-state index contributed by atoms with van der Waals surface area (Å²) in [6, 6.07) is 12.0. The van der Waals surface area contributed by atoms with Crippen LogP contribution in [0.25, 0.3) is 0 Å². The molecule has 0 spiro atoms. The molecule has 0 radical (unpaired) electrons. The maximum atomic E-state index is 13.4. The van der Waals surface area contributed by atoms with Gasteiger partial charge in [0.1, 0.15) is 0 Å². The Morgan fingerprint density at radius 2 is 1.67 bits per heavy atom. The molecule has 0 amide bonds. The van der Waals surface area contributed by atoms with Crippen LogP contribution < -0.4 is 4.90 Å². The topological polar surface area (TPSA) is 73.3 Å². The fourth-order valence-electron chi connectivity index (χ4n) is 4.58. The average molecular weight is 546 g/mol. The highest BCUT2D eigenvalue weighted by Crippen LogP contribution is 2.39. The van der Waals surface area contributed by atoms with Gasteiger partial charge in [-0.15, -0.1) is 12.6 Å². The van der Waals surface area contributed by atoms with Gasteiger partial charge in [0.15, 0.2) is 5.60 Å². The van der Waals surface area contributed by atoms with Crippen molar-refractivity contribution in [3.8, 4) is 0 Å². The Labute approximate surface area is 214 Å². The lowest BCUT2D eigenvalue weighted by molar-refractivity contribution is -0.258. The van der Waals surface area contributed by atoms with Crippen molar-refractivity contribution in [3.63, 3.8) is 0 Å². The van der Waals surface area contributed by atoms with E-state index >= 15 is 0 Å². The highest BCUT2D eigenvalue weighted by molar-refractivity contribution is 7.90. The second kappa shape index (κ2) is 10.5. The Balaban J connectivity index is 1.60. The van der Waals surface area contributed by atoms with E-state index in [2.05, 4.69) is 17.5 Å². The number of halogens is 3. The Morgan fingerprint density at radius 3 is 2.28 bits per heavy atom. The number of hydrogen-bond acceptors (Lipinski definition) is 7. The third kappa shape index (κ3) is 5.53. The molecule has 7 nitrogen and oxygen atoms in total. The summed E-state index contributed by atoms with van der Waals surface area (Å²) < 4.78 is 73.6. The number of rotatable bonds is 6. The summed E-state index contributed by atoms with van der Waals surface area (Å²) in [7, 11) is -3.79. The third-order valence-electron chi connectivity index (χ3n) is 6.81. The molecule has 198 valence electrons. The summed E-state index contributed by atoms with van der Waals surface area (Å²) in [5.41, 5.74) is -2.55. The van der Waals surface area contributed by atoms with Gasteiger partial charge in [-0.2, -0.15) is 17.5 Å². The highest BCUT2D eigenvalue weighted by Gasteiger charge is 2.51. The quantitative estimate of drug-likeness (QED) is 0.544. The molecule has 2 saturated heterocycles. The lowest BCUT2D eigenvalue weighted by Crippen LogP contribution is -2.59. The molecular formula is C24H30F3N3O4S2. The van der Waals surface area contributed by atoms with Gasteiger partial charge in [-0.25, -0.2) is 8.42 Å². The van der Waals surface area contributed by atoms with E-state index in [1.54, 1.807) is 30.3 Å². The van der Waals surface area contributed by atoms with Crippen molar-refractivity contribution in [2.75, 3.05) is 57.4 Å². The van der Waals surface area contributed by atoms with Gasteiger partial charge in [-0.05, 0) is 36.8 Å². The van der Waals surface area contributed by atoms with Gasteiger partial charge >= 0.3 is 6.18 Å². The molecule has 1 N–H and O–H groups in total.